The normalized spacial score (nSPS) is 18.4. The number of hydrogen-bond donors (Lipinski definition) is 1. The summed E-state index contributed by atoms with van der Waals surface area (Å²) in [6.07, 6.45) is 1.78. The Morgan fingerprint density at radius 3 is 2.55 bits per heavy atom. The Morgan fingerprint density at radius 1 is 1.45 bits per heavy atom. The molecule has 1 unspecified atom stereocenters. The van der Waals surface area contributed by atoms with Gasteiger partial charge in [0.1, 0.15) is 5.60 Å². The number of amides is 1. The van der Waals surface area contributed by atoms with Crippen LogP contribution in [-0.2, 0) is 4.74 Å². The number of carbonyl (C=O) groups is 1. The van der Waals surface area contributed by atoms with E-state index in [-0.39, 0.29) is 12.0 Å². The van der Waals surface area contributed by atoms with Crippen molar-refractivity contribution in [3.05, 3.63) is 0 Å². The van der Waals surface area contributed by atoms with Gasteiger partial charge in [-0.3, -0.25) is 0 Å². The molecule has 0 saturated carbocycles. The van der Waals surface area contributed by atoms with Gasteiger partial charge in [-0.2, -0.15) is 5.26 Å². The summed E-state index contributed by atoms with van der Waals surface area (Å²) < 4.78 is 5.37. The lowest BCUT2D eigenvalue weighted by molar-refractivity contribution is 0.0184. The van der Waals surface area contributed by atoms with Gasteiger partial charge in [0.2, 0.25) is 0 Å². The number of hydrogen-bond acceptors (Lipinski definition) is 4. The second-order valence-electron chi connectivity index (χ2n) is 6.60. The lowest BCUT2D eigenvalue weighted by Gasteiger charge is -2.33. The minimum Gasteiger partial charge on any atom is -0.444 e. The third-order valence-electron chi connectivity index (χ3n) is 3.37. The van der Waals surface area contributed by atoms with E-state index in [2.05, 4.69) is 11.4 Å². The molecule has 114 valence electrons. The number of nitrogens with one attached hydrogen (secondary N) is 1. The molecule has 0 spiro atoms. The number of piperidine rings is 1. The van der Waals surface area contributed by atoms with Gasteiger partial charge >= 0.3 is 6.09 Å². The van der Waals surface area contributed by atoms with Crippen molar-refractivity contribution in [2.75, 3.05) is 26.2 Å². The first-order valence-electron chi connectivity index (χ1n) is 7.40. The van der Waals surface area contributed by atoms with E-state index in [1.807, 2.05) is 27.7 Å². The van der Waals surface area contributed by atoms with Gasteiger partial charge in [0.15, 0.2) is 0 Å². The molecule has 1 aliphatic heterocycles. The zero-order valence-electron chi connectivity index (χ0n) is 13.1. The van der Waals surface area contributed by atoms with Crippen LogP contribution in [0.3, 0.4) is 0 Å². The molecular weight excluding hydrogens is 254 g/mol. The molecule has 1 aliphatic rings. The number of ether oxygens (including phenoxy) is 1. The Bertz CT molecular complexity index is 349. The lowest BCUT2D eigenvalue weighted by Crippen LogP contribution is -2.43. The van der Waals surface area contributed by atoms with E-state index in [1.165, 1.54) is 0 Å². The van der Waals surface area contributed by atoms with Gasteiger partial charge in [0, 0.05) is 19.6 Å². The highest BCUT2D eigenvalue weighted by Crippen LogP contribution is 2.19. The Kier molecular flexibility index (Phi) is 6.28. The van der Waals surface area contributed by atoms with Crippen LogP contribution in [0.2, 0.25) is 0 Å². The van der Waals surface area contributed by atoms with E-state index in [4.69, 9.17) is 10.00 Å². The molecule has 1 saturated heterocycles. The lowest BCUT2D eigenvalue weighted by atomic mass is 9.97. The highest BCUT2D eigenvalue weighted by atomic mass is 16.6. The fourth-order valence-electron chi connectivity index (χ4n) is 2.20. The van der Waals surface area contributed by atoms with Crippen LogP contribution in [0, 0.1) is 23.2 Å². The predicted octanol–water partition coefficient (Wildman–Crippen LogP) is 2.38. The third kappa shape index (κ3) is 6.25. The number of likely N-dealkylation sites (tertiary alicyclic amines) is 1. The summed E-state index contributed by atoms with van der Waals surface area (Å²) in [6, 6.07) is 2.21. The maximum atomic E-state index is 11.9. The molecule has 1 N–H and O–H groups in total. The third-order valence-corrected chi connectivity index (χ3v) is 3.37. The molecule has 5 heteroatoms. The molecule has 1 atom stereocenters. The van der Waals surface area contributed by atoms with Gasteiger partial charge in [-0.15, -0.1) is 0 Å². The molecule has 1 fully saturated rings. The average Bonchev–Trinajstić information content (AvgIpc) is 2.37. The molecule has 0 bridgehead atoms. The molecule has 20 heavy (non-hydrogen) atoms. The number of nitriles is 1. The van der Waals surface area contributed by atoms with Gasteiger partial charge in [-0.1, -0.05) is 0 Å². The van der Waals surface area contributed by atoms with Crippen molar-refractivity contribution < 1.29 is 9.53 Å². The van der Waals surface area contributed by atoms with Crippen molar-refractivity contribution in [1.82, 2.24) is 10.2 Å². The van der Waals surface area contributed by atoms with Crippen LogP contribution >= 0.6 is 0 Å². The maximum Gasteiger partial charge on any atom is 0.410 e. The smallest absolute Gasteiger partial charge is 0.410 e. The van der Waals surface area contributed by atoms with Crippen LogP contribution in [0.25, 0.3) is 0 Å². The standard InChI is InChI=1S/C15H27N3O2/c1-12(9-16)10-17-11-13-5-7-18(8-6-13)14(19)20-15(2,3)4/h12-13,17H,5-8,10-11H2,1-4H3. The molecule has 1 rings (SSSR count). The van der Waals surface area contributed by atoms with Gasteiger partial charge in [0.25, 0.3) is 0 Å². The van der Waals surface area contributed by atoms with Crippen molar-refractivity contribution in [2.45, 2.75) is 46.1 Å². The topological polar surface area (TPSA) is 65.4 Å². The molecule has 5 nitrogen and oxygen atoms in total. The van der Waals surface area contributed by atoms with Crippen LogP contribution in [0.4, 0.5) is 4.79 Å². The van der Waals surface area contributed by atoms with Crippen LogP contribution in [0.15, 0.2) is 0 Å². The monoisotopic (exact) mass is 281 g/mol. The SMILES string of the molecule is CC(C#N)CNCC1CCN(C(=O)OC(C)(C)C)CC1. The Morgan fingerprint density at radius 2 is 2.05 bits per heavy atom. The van der Waals surface area contributed by atoms with Gasteiger partial charge in [0.05, 0.1) is 12.0 Å². The Labute approximate surface area is 122 Å². The first-order valence-corrected chi connectivity index (χ1v) is 7.40. The molecule has 1 amide bonds. The predicted molar refractivity (Wildman–Crippen MR) is 78.2 cm³/mol. The van der Waals surface area contributed by atoms with Gasteiger partial charge in [-0.05, 0) is 53.0 Å². The average molecular weight is 281 g/mol. The van der Waals surface area contributed by atoms with E-state index >= 15 is 0 Å². The van der Waals surface area contributed by atoms with Crippen molar-refractivity contribution in [3.8, 4) is 6.07 Å². The summed E-state index contributed by atoms with van der Waals surface area (Å²) in [4.78, 5) is 13.7. The summed E-state index contributed by atoms with van der Waals surface area (Å²) in [5.74, 6) is 0.636. The van der Waals surface area contributed by atoms with E-state index in [0.29, 0.717) is 5.92 Å². The molecule has 0 radical (unpaired) electrons. The molecule has 1 heterocycles. The molecule has 0 aromatic carbocycles. The van der Waals surface area contributed by atoms with E-state index in [1.54, 1.807) is 4.90 Å². The summed E-state index contributed by atoms with van der Waals surface area (Å²) in [7, 11) is 0. The zero-order valence-corrected chi connectivity index (χ0v) is 13.1. The van der Waals surface area contributed by atoms with Crippen LogP contribution in [-0.4, -0.2) is 42.8 Å². The minimum atomic E-state index is -0.428. The van der Waals surface area contributed by atoms with Gasteiger partial charge < -0.3 is 15.0 Å². The highest BCUT2D eigenvalue weighted by Gasteiger charge is 2.26. The van der Waals surface area contributed by atoms with E-state index < -0.39 is 5.60 Å². The summed E-state index contributed by atoms with van der Waals surface area (Å²) in [5.41, 5.74) is -0.428. The van der Waals surface area contributed by atoms with Crippen LogP contribution < -0.4 is 5.32 Å². The quantitative estimate of drug-likeness (QED) is 0.859. The number of carbonyl (C=O) groups excluding carboxylic acids is 1. The van der Waals surface area contributed by atoms with Crippen molar-refractivity contribution >= 4 is 6.09 Å². The molecule has 0 aromatic rings. The molecule has 0 aliphatic carbocycles. The number of rotatable bonds is 4. The fourth-order valence-corrected chi connectivity index (χ4v) is 2.20. The highest BCUT2D eigenvalue weighted by molar-refractivity contribution is 5.68. The second-order valence-corrected chi connectivity index (χ2v) is 6.60. The Balaban J connectivity index is 2.23. The largest absolute Gasteiger partial charge is 0.444 e. The van der Waals surface area contributed by atoms with E-state index in [0.717, 1.165) is 39.0 Å². The number of nitrogens with zero attached hydrogens (tertiary/aromatic N) is 2. The first-order chi connectivity index (χ1) is 9.31. The van der Waals surface area contributed by atoms with Gasteiger partial charge in [-0.25, -0.2) is 4.79 Å². The van der Waals surface area contributed by atoms with Crippen molar-refractivity contribution in [2.24, 2.45) is 11.8 Å². The van der Waals surface area contributed by atoms with Crippen LogP contribution in [0.1, 0.15) is 40.5 Å². The fraction of sp³-hybridized carbons (Fsp3) is 0.867. The molecular formula is C15H27N3O2. The first kappa shape index (κ1) is 16.8. The molecule has 0 aromatic heterocycles. The Hall–Kier alpha value is -1.28. The summed E-state index contributed by atoms with van der Waals surface area (Å²) >= 11 is 0. The van der Waals surface area contributed by atoms with Crippen LogP contribution in [0.5, 0.6) is 0 Å². The van der Waals surface area contributed by atoms with Crippen molar-refractivity contribution in [1.29, 1.82) is 5.26 Å². The summed E-state index contributed by atoms with van der Waals surface area (Å²) in [5, 5.41) is 12.0. The zero-order chi connectivity index (χ0) is 15.2. The van der Waals surface area contributed by atoms with Crippen molar-refractivity contribution in [3.63, 3.8) is 0 Å². The summed E-state index contributed by atoms with van der Waals surface area (Å²) in [6.45, 7) is 10.8. The minimum absolute atomic E-state index is 0.0526. The second kappa shape index (κ2) is 7.49. The van der Waals surface area contributed by atoms with E-state index in [9.17, 15) is 4.79 Å². The maximum absolute atomic E-state index is 11.9.